The van der Waals surface area contributed by atoms with Gasteiger partial charge in [-0.3, -0.25) is 19.3 Å². The minimum Gasteiger partial charge on any atom is -1.00 e. The number of hydrogen-bond donors (Lipinski definition) is 3. The monoisotopic (exact) mass is 1000 g/mol. The van der Waals surface area contributed by atoms with Crippen molar-refractivity contribution in [3.63, 3.8) is 0 Å². The van der Waals surface area contributed by atoms with E-state index in [9.17, 15) is 29.5 Å². The van der Waals surface area contributed by atoms with Gasteiger partial charge < -0.3 is 52.0 Å². The Bertz CT molecular complexity index is 2600. The van der Waals surface area contributed by atoms with Crippen LogP contribution in [0.3, 0.4) is 0 Å². The number of nitrogens with two attached hydrogens (primary N) is 1. The number of ketones is 2. The second-order valence-electron chi connectivity index (χ2n) is 18.9. The molecule has 72 heavy (non-hydrogen) atoms. The number of allylic oxidation sites excluding steroid dienone is 5. The van der Waals surface area contributed by atoms with Crippen LogP contribution in [0.15, 0.2) is 143 Å². The second-order valence-corrected chi connectivity index (χ2v) is 18.9. The van der Waals surface area contributed by atoms with Crippen LogP contribution < -0.4 is 28.2 Å². The van der Waals surface area contributed by atoms with Gasteiger partial charge in [-0.1, -0.05) is 118 Å². The molecule has 0 radical (unpaired) electrons. The number of ether oxygens (including phenoxy) is 4. The topological polar surface area (TPSA) is 191 Å². The normalized spacial score (nSPS) is 23.6. The Morgan fingerprint density at radius 1 is 0.917 bits per heavy atom. The van der Waals surface area contributed by atoms with Crippen LogP contribution in [0.1, 0.15) is 70.6 Å². The van der Waals surface area contributed by atoms with E-state index in [4.69, 9.17) is 24.7 Å². The number of Topliss-reactive ketones (excluding diaryl/α,β-unsaturated/α-hetero) is 1. The Morgan fingerprint density at radius 2 is 1.54 bits per heavy atom. The lowest BCUT2D eigenvalue weighted by Gasteiger charge is -2.33. The number of carbonyl (C=O) groups is 4. The third-order valence-corrected chi connectivity index (χ3v) is 13.0. The number of aliphatic hydroxyl groups is 1. The molecule has 0 unspecified atom stereocenters. The van der Waals surface area contributed by atoms with E-state index >= 15 is 0 Å². The standard InChI is InChI=1S/C57H69N5O9.ClH/c1-10-45(41-19-13-11-14-20-41)51(42-21-15-12-16-22-42)43-24-26-44(27-25-43)70-31-30-62(6,7)29-28-61(36-58)52-46-32-37(2)33-50(69-9)53(64)39(4)34-40(5)55(71-57(59)67)49(68-8)23-17-18-38(3)56(66)60-47(54(46)65)35-48(52)63;/h11-27,34-35,37,39,49-50,53,55,64H,10,28-33H2,1-9H3,(H2-,59,60,63,66,67);1H/b23-17-,38-18+,40-34+,51-45-;/t37-,39+,49+,50+,53-,55+;/m1./s1. The Kier molecular flexibility index (Phi) is 22.0. The molecule has 2 amide bonds. The summed E-state index contributed by atoms with van der Waals surface area (Å²) < 4.78 is 23.6. The van der Waals surface area contributed by atoms with Gasteiger partial charge in [0.25, 0.3) is 5.91 Å². The maximum atomic E-state index is 14.4. The van der Waals surface area contributed by atoms with Crippen molar-refractivity contribution in [3.8, 4) is 11.9 Å². The summed E-state index contributed by atoms with van der Waals surface area (Å²) in [5, 5.41) is 24.8. The van der Waals surface area contributed by atoms with Crippen molar-refractivity contribution in [2.24, 2.45) is 17.6 Å². The quantitative estimate of drug-likeness (QED) is 0.0460. The van der Waals surface area contributed by atoms with E-state index in [1.807, 2.05) is 45.3 Å². The van der Waals surface area contributed by atoms with Crippen LogP contribution in [0.4, 0.5) is 4.79 Å². The van der Waals surface area contributed by atoms with E-state index < -0.39 is 53.9 Å². The molecule has 6 atom stereocenters. The summed E-state index contributed by atoms with van der Waals surface area (Å²) >= 11 is 0. The second kappa shape index (κ2) is 27.3. The highest BCUT2D eigenvalue weighted by molar-refractivity contribution is 6.23. The molecule has 0 aromatic heterocycles. The van der Waals surface area contributed by atoms with Crippen LogP contribution in [-0.2, 0) is 28.6 Å². The molecule has 4 N–H and O–H groups in total. The van der Waals surface area contributed by atoms with Crippen LogP contribution in [-0.4, -0.2) is 117 Å². The maximum Gasteiger partial charge on any atom is 0.405 e. The predicted molar refractivity (Wildman–Crippen MR) is 275 cm³/mol. The number of hydrogen-bond acceptors (Lipinski definition) is 11. The first-order chi connectivity index (χ1) is 33.9. The zero-order valence-electron chi connectivity index (χ0n) is 42.9. The highest BCUT2D eigenvalue weighted by Crippen LogP contribution is 2.35. The number of rotatable bonds is 15. The minimum atomic E-state index is -1.05. The number of halogens is 1. The lowest BCUT2D eigenvalue weighted by atomic mass is 9.85. The fourth-order valence-electron chi connectivity index (χ4n) is 8.97. The highest BCUT2D eigenvalue weighted by atomic mass is 35.5. The molecular formula is C57H70ClN5O9. The number of carbonyl (C=O) groups excluding carboxylic acids is 4. The average molecular weight is 1000 g/mol. The number of amides is 2. The number of fused-ring (bicyclic) bond motifs is 2. The number of nitrogens with one attached hydrogen (secondary N) is 1. The molecule has 15 heteroatoms. The summed E-state index contributed by atoms with van der Waals surface area (Å²) in [4.78, 5) is 55.3. The molecule has 1 aliphatic heterocycles. The summed E-state index contributed by atoms with van der Waals surface area (Å²) in [5.74, 6) is -2.00. The zero-order chi connectivity index (χ0) is 51.8. The van der Waals surface area contributed by atoms with Crippen molar-refractivity contribution in [1.29, 1.82) is 5.26 Å². The lowest BCUT2D eigenvalue weighted by Crippen LogP contribution is -3.00. The van der Waals surface area contributed by atoms with Crippen molar-refractivity contribution in [2.75, 3.05) is 54.6 Å². The van der Waals surface area contributed by atoms with Crippen LogP contribution in [0.2, 0.25) is 0 Å². The van der Waals surface area contributed by atoms with Crippen LogP contribution in [0, 0.1) is 23.3 Å². The number of quaternary nitrogens is 1. The molecule has 0 fully saturated rings. The van der Waals surface area contributed by atoms with Crippen LogP contribution in [0.25, 0.3) is 11.1 Å². The summed E-state index contributed by atoms with van der Waals surface area (Å²) in [5.41, 5.74) is 11.8. The van der Waals surface area contributed by atoms with Gasteiger partial charge in [-0.05, 0) is 84.6 Å². The van der Waals surface area contributed by atoms with Gasteiger partial charge in [0.05, 0.1) is 45.1 Å². The van der Waals surface area contributed by atoms with Gasteiger partial charge in [0.15, 0.2) is 12.3 Å². The first-order valence-corrected chi connectivity index (χ1v) is 24.1. The number of aliphatic hydroxyl groups excluding tert-OH is 1. The van der Waals surface area contributed by atoms with Gasteiger partial charge in [0, 0.05) is 37.4 Å². The average Bonchev–Trinajstić information content (AvgIpc) is 3.35. The number of likely N-dealkylation sites (N-methyl/N-ethyl adjacent to an activating group) is 1. The molecular weight excluding hydrogens is 934 g/mol. The number of methoxy groups -OCH3 is 2. The molecule has 0 spiro atoms. The predicted octanol–water partition coefficient (Wildman–Crippen LogP) is 5.07. The number of primary amides is 1. The van der Waals surface area contributed by atoms with E-state index in [0.717, 1.165) is 29.4 Å². The lowest BCUT2D eigenvalue weighted by molar-refractivity contribution is -0.889. The molecule has 1 heterocycles. The zero-order valence-corrected chi connectivity index (χ0v) is 43.6. The molecule has 14 nitrogen and oxygen atoms in total. The van der Waals surface area contributed by atoms with Crippen molar-refractivity contribution < 1.29 is 60.1 Å². The molecule has 5 rings (SSSR count). The fourth-order valence-corrected chi connectivity index (χ4v) is 8.97. The van der Waals surface area contributed by atoms with Crippen molar-refractivity contribution in [3.05, 3.63) is 160 Å². The molecule has 0 saturated carbocycles. The summed E-state index contributed by atoms with van der Waals surface area (Å²) in [6.07, 6.45) is 6.11. The Hall–Kier alpha value is -6.60. The van der Waals surface area contributed by atoms with E-state index in [1.54, 1.807) is 26.0 Å². The summed E-state index contributed by atoms with van der Waals surface area (Å²) in [6, 6.07) is 29.0. The van der Waals surface area contributed by atoms with Gasteiger partial charge in [-0.25, -0.2) is 4.79 Å². The third kappa shape index (κ3) is 15.5. The molecule has 0 saturated heterocycles. The van der Waals surface area contributed by atoms with Crippen LogP contribution >= 0.6 is 0 Å². The number of nitriles is 1. The van der Waals surface area contributed by atoms with Gasteiger partial charge in [0.1, 0.15) is 30.7 Å². The van der Waals surface area contributed by atoms with E-state index in [2.05, 4.69) is 79.1 Å². The Balaban J connectivity index is 0.0000112. The number of benzene rings is 3. The molecule has 3 aromatic rings. The third-order valence-electron chi connectivity index (χ3n) is 13.0. The Labute approximate surface area is 431 Å². The SMILES string of the molecule is CC/C(=C(\c1ccccc1)c1ccc(OCC[N+](C)(C)CCN(C#N)C2=C3C[C@@H](C)C[C@H](OC)[C@H](O)[C@@H](C)/C=C(\C)[C@H](OC(N)=O)[C@@H](OC)/C=C\C=C(/C)C(=O)NC(=CC2=O)C3=O)cc1)c1ccccc1.[Cl-]. The fraction of sp³-hybridized carbons (Fsp3) is 0.386. The summed E-state index contributed by atoms with van der Waals surface area (Å²) in [7, 11) is 6.92. The van der Waals surface area contributed by atoms with E-state index in [1.165, 1.54) is 54.9 Å². The molecule has 384 valence electrons. The molecule has 2 bridgehead atoms. The van der Waals surface area contributed by atoms with Gasteiger partial charge >= 0.3 is 6.09 Å². The first kappa shape index (κ1) is 58.0. The van der Waals surface area contributed by atoms with Gasteiger partial charge in [0.2, 0.25) is 11.6 Å². The van der Waals surface area contributed by atoms with Crippen LogP contribution in [0.5, 0.6) is 5.75 Å². The van der Waals surface area contributed by atoms with Crippen molar-refractivity contribution >= 4 is 34.7 Å². The van der Waals surface area contributed by atoms with E-state index in [-0.39, 0.29) is 60.3 Å². The van der Waals surface area contributed by atoms with Gasteiger partial charge in [-0.2, -0.15) is 5.26 Å². The molecule has 2 aliphatic rings. The molecule has 1 aliphatic carbocycles. The highest BCUT2D eigenvalue weighted by Gasteiger charge is 2.36. The first-order valence-electron chi connectivity index (χ1n) is 24.1. The minimum absolute atomic E-state index is 0. The molecule has 3 aromatic carbocycles. The largest absolute Gasteiger partial charge is 1.00 e. The number of nitrogens with zero attached hydrogens (tertiary/aromatic N) is 3. The smallest absolute Gasteiger partial charge is 0.405 e. The van der Waals surface area contributed by atoms with Crippen molar-refractivity contribution in [2.45, 2.75) is 78.3 Å². The Morgan fingerprint density at radius 3 is 2.12 bits per heavy atom. The van der Waals surface area contributed by atoms with Crippen molar-refractivity contribution in [1.82, 2.24) is 10.2 Å². The maximum absolute atomic E-state index is 14.4. The van der Waals surface area contributed by atoms with E-state index in [0.29, 0.717) is 29.8 Å². The van der Waals surface area contributed by atoms with Gasteiger partial charge in [-0.15, -0.1) is 0 Å². The summed E-state index contributed by atoms with van der Waals surface area (Å²) in [6.45, 7) is 10.6.